The Hall–Kier alpha value is -1.69. The third kappa shape index (κ3) is 3.38. The lowest BCUT2D eigenvalue weighted by molar-refractivity contribution is 0.0959. The van der Waals surface area contributed by atoms with Gasteiger partial charge in [-0.15, -0.1) is 22.7 Å². The van der Waals surface area contributed by atoms with Crippen molar-refractivity contribution in [2.75, 3.05) is 0 Å². The summed E-state index contributed by atoms with van der Waals surface area (Å²) in [6.45, 7) is 6.03. The summed E-state index contributed by atoms with van der Waals surface area (Å²) in [5.74, 6) is -0.273. The van der Waals surface area contributed by atoms with Crippen molar-refractivity contribution >= 4 is 56.0 Å². The summed E-state index contributed by atoms with van der Waals surface area (Å²) in [6.07, 6.45) is 1.00. The van der Waals surface area contributed by atoms with Crippen molar-refractivity contribution in [2.45, 2.75) is 27.2 Å². The van der Waals surface area contributed by atoms with Crippen LogP contribution in [0.3, 0.4) is 0 Å². The second-order valence-corrected chi connectivity index (χ2v) is 8.10. The lowest BCUT2D eigenvalue weighted by Crippen LogP contribution is -2.18. The second-order valence-electron chi connectivity index (χ2n) is 5.50. The van der Waals surface area contributed by atoms with Crippen LogP contribution in [0.5, 0.6) is 0 Å². The van der Waals surface area contributed by atoms with E-state index in [0.29, 0.717) is 9.90 Å². The van der Waals surface area contributed by atoms with Gasteiger partial charge < -0.3 is 0 Å². The van der Waals surface area contributed by atoms with Gasteiger partial charge in [-0.3, -0.25) is 4.79 Å². The van der Waals surface area contributed by atoms with Crippen LogP contribution in [0.15, 0.2) is 35.4 Å². The standard InChI is InChI=1S/C18H17ClN2OS2/c1-4-12-6-8-14(23-12)11(3)20-21-18(22)17-16(19)13-7-5-10(2)9-15(13)24-17/h5-9H,4H2,1-3H3,(H,21,22). The van der Waals surface area contributed by atoms with Gasteiger partial charge in [0, 0.05) is 15.0 Å². The molecule has 1 N–H and O–H groups in total. The molecule has 3 rings (SSSR count). The van der Waals surface area contributed by atoms with Gasteiger partial charge in [0.1, 0.15) is 4.88 Å². The van der Waals surface area contributed by atoms with Gasteiger partial charge in [0.2, 0.25) is 0 Å². The van der Waals surface area contributed by atoms with Crippen molar-refractivity contribution < 1.29 is 4.79 Å². The molecule has 0 unspecified atom stereocenters. The van der Waals surface area contributed by atoms with E-state index < -0.39 is 0 Å². The van der Waals surface area contributed by atoms with Gasteiger partial charge >= 0.3 is 0 Å². The van der Waals surface area contributed by atoms with Crippen LogP contribution in [0.4, 0.5) is 0 Å². The van der Waals surface area contributed by atoms with Gasteiger partial charge in [0.05, 0.1) is 15.6 Å². The lowest BCUT2D eigenvalue weighted by Gasteiger charge is -2.00. The first-order valence-electron chi connectivity index (χ1n) is 7.62. The number of aryl methyl sites for hydroxylation is 2. The third-order valence-electron chi connectivity index (χ3n) is 3.68. The predicted molar refractivity (Wildman–Crippen MR) is 105 cm³/mol. The highest BCUT2D eigenvalue weighted by atomic mass is 35.5. The summed E-state index contributed by atoms with van der Waals surface area (Å²) in [6, 6.07) is 10.1. The molecule has 0 atom stereocenters. The Kier molecular flexibility index (Phi) is 5.04. The zero-order chi connectivity index (χ0) is 17.3. The van der Waals surface area contributed by atoms with Gasteiger partial charge in [-0.25, -0.2) is 5.43 Å². The number of nitrogens with one attached hydrogen (secondary N) is 1. The average molecular weight is 377 g/mol. The number of hydrazone groups is 1. The summed E-state index contributed by atoms with van der Waals surface area (Å²) in [5, 5.41) is 5.62. The van der Waals surface area contributed by atoms with Gasteiger partial charge in [-0.1, -0.05) is 30.7 Å². The lowest BCUT2D eigenvalue weighted by atomic mass is 10.2. The number of hydrogen-bond donors (Lipinski definition) is 1. The Bertz CT molecular complexity index is 940. The van der Waals surface area contributed by atoms with Crippen molar-refractivity contribution in [3.63, 3.8) is 0 Å². The highest BCUT2D eigenvalue weighted by molar-refractivity contribution is 7.21. The largest absolute Gasteiger partial charge is 0.283 e. The molecule has 0 aliphatic heterocycles. The summed E-state index contributed by atoms with van der Waals surface area (Å²) >= 11 is 9.44. The van der Waals surface area contributed by atoms with E-state index >= 15 is 0 Å². The monoisotopic (exact) mass is 376 g/mol. The number of carbonyl (C=O) groups excluding carboxylic acids is 1. The summed E-state index contributed by atoms with van der Waals surface area (Å²) in [4.78, 5) is 15.3. The highest BCUT2D eigenvalue weighted by Crippen LogP contribution is 2.35. The van der Waals surface area contributed by atoms with Crippen LogP contribution in [-0.4, -0.2) is 11.6 Å². The number of halogens is 1. The maximum atomic E-state index is 12.4. The van der Waals surface area contributed by atoms with Crippen LogP contribution >= 0.6 is 34.3 Å². The number of fused-ring (bicyclic) bond motifs is 1. The van der Waals surface area contributed by atoms with Crippen molar-refractivity contribution in [3.8, 4) is 0 Å². The van der Waals surface area contributed by atoms with E-state index in [9.17, 15) is 4.79 Å². The van der Waals surface area contributed by atoms with Crippen LogP contribution in [0.25, 0.3) is 10.1 Å². The Labute approximate surface area is 154 Å². The molecule has 1 aromatic carbocycles. The molecule has 0 aliphatic carbocycles. The van der Waals surface area contributed by atoms with Crippen molar-refractivity contribution in [2.24, 2.45) is 5.10 Å². The Morgan fingerprint density at radius 2 is 2.04 bits per heavy atom. The molecule has 0 aliphatic rings. The second kappa shape index (κ2) is 7.05. The molecule has 3 nitrogen and oxygen atoms in total. The van der Waals surface area contributed by atoms with Crippen molar-refractivity contribution in [3.05, 3.63) is 55.5 Å². The Balaban J connectivity index is 1.82. The summed E-state index contributed by atoms with van der Waals surface area (Å²) < 4.78 is 1.01. The number of rotatable bonds is 4. The average Bonchev–Trinajstić information content (AvgIpc) is 3.17. The summed E-state index contributed by atoms with van der Waals surface area (Å²) in [5.41, 5.74) is 4.56. The smallest absolute Gasteiger partial charge is 0.266 e. The van der Waals surface area contributed by atoms with E-state index in [0.717, 1.165) is 32.7 Å². The molecule has 0 spiro atoms. The minimum atomic E-state index is -0.273. The number of hydrogen-bond acceptors (Lipinski definition) is 4. The molecule has 24 heavy (non-hydrogen) atoms. The first kappa shape index (κ1) is 17.1. The normalized spacial score (nSPS) is 11.9. The number of carbonyl (C=O) groups is 1. The highest BCUT2D eigenvalue weighted by Gasteiger charge is 2.17. The molecular weight excluding hydrogens is 360 g/mol. The molecule has 0 radical (unpaired) electrons. The van der Waals surface area contributed by atoms with E-state index in [1.165, 1.54) is 16.2 Å². The Morgan fingerprint density at radius 1 is 1.25 bits per heavy atom. The van der Waals surface area contributed by atoms with Gasteiger partial charge in [0.15, 0.2) is 0 Å². The molecule has 3 aromatic rings. The molecular formula is C18H17ClN2OS2. The van der Waals surface area contributed by atoms with E-state index in [2.05, 4.69) is 23.5 Å². The summed E-state index contributed by atoms with van der Waals surface area (Å²) in [7, 11) is 0. The molecule has 2 heterocycles. The minimum Gasteiger partial charge on any atom is -0.266 e. The quantitative estimate of drug-likeness (QED) is 0.464. The molecule has 124 valence electrons. The number of benzene rings is 1. The van der Waals surface area contributed by atoms with Gasteiger partial charge in [0.25, 0.3) is 5.91 Å². The first-order chi connectivity index (χ1) is 11.5. The van der Waals surface area contributed by atoms with Crippen LogP contribution in [0, 0.1) is 6.92 Å². The molecule has 0 saturated carbocycles. The van der Waals surface area contributed by atoms with Crippen molar-refractivity contribution in [1.29, 1.82) is 0 Å². The topological polar surface area (TPSA) is 41.5 Å². The van der Waals surface area contributed by atoms with Crippen LogP contribution in [0.1, 0.15) is 38.8 Å². The maximum absolute atomic E-state index is 12.4. The molecule has 1 amide bonds. The molecule has 2 aromatic heterocycles. The fraction of sp³-hybridized carbons (Fsp3) is 0.222. The molecule has 0 fully saturated rings. The fourth-order valence-corrected chi connectivity index (χ4v) is 4.72. The van der Waals surface area contributed by atoms with E-state index in [4.69, 9.17) is 11.6 Å². The number of thiophene rings is 2. The van der Waals surface area contributed by atoms with Gasteiger partial charge in [-0.05, 0) is 44.0 Å². The number of amides is 1. The zero-order valence-electron chi connectivity index (χ0n) is 13.6. The molecule has 0 bridgehead atoms. The SMILES string of the molecule is CCc1ccc(C(C)=NNC(=O)c2sc3cc(C)ccc3c2Cl)s1. The van der Waals surface area contributed by atoms with E-state index in [1.54, 1.807) is 11.3 Å². The Morgan fingerprint density at radius 3 is 2.75 bits per heavy atom. The van der Waals surface area contributed by atoms with Crippen LogP contribution in [-0.2, 0) is 6.42 Å². The third-order valence-corrected chi connectivity index (χ3v) is 6.68. The van der Waals surface area contributed by atoms with E-state index in [-0.39, 0.29) is 5.91 Å². The predicted octanol–water partition coefficient (Wildman–Crippen LogP) is 5.64. The first-order valence-corrected chi connectivity index (χ1v) is 9.63. The van der Waals surface area contributed by atoms with Gasteiger partial charge in [-0.2, -0.15) is 5.10 Å². The number of nitrogens with zero attached hydrogens (tertiary/aromatic N) is 1. The maximum Gasteiger partial charge on any atom is 0.283 e. The zero-order valence-corrected chi connectivity index (χ0v) is 16.0. The van der Waals surface area contributed by atoms with E-state index in [1.807, 2.05) is 38.1 Å². The minimum absolute atomic E-state index is 0.273. The van der Waals surface area contributed by atoms with Crippen LogP contribution < -0.4 is 5.43 Å². The molecule has 6 heteroatoms. The fourth-order valence-electron chi connectivity index (χ4n) is 2.32. The van der Waals surface area contributed by atoms with Crippen molar-refractivity contribution in [1.82, 2.24) is 5.43 Å². The molecule has 0 saturated heterocycles. The van der Waals surface area contributed by atoms with Crippen LogP contribution in [0.2, 0.25) is 5.02 Å².